The SMILES string of the molecule is CC/C=C\C/C=C\C/C=C\C/C=C\C/C=C\C/C=C\C/C=C\C/C=C\C/C=C\C/C=C\C/C=C\C/C=C\CCCCC(=O)NC(COC1OC(CO)C(OC2OC(CO)C(O)C(O)C2O)C(O)C1O)C(O)/C=C/CC/C=C/CCCCCCCCCCCCCCCCCCC. The predicted molar refractivity (Wildman–Crippen MR) is 396 cm³/mol. The Morgan fingerprint density at radius 1 is 0.385 bits per heavy atom. The Morgan fingerprint density at radius 2 is 0.729 bits per heavy atom. The molecular weight excluding hydrogens is 1210 g/mol. The normalized spacial score (nSPS) is 23.3. The second kappa shape index (κ2) is 63.8. The van der Waals surface area contributed by atoms with Crippen LogP contribution in [0.25, 0.3) is 0 Å². The highest BCUT2D eigenvalue weighted by molar-refractivity contribution is 5.76. The van der Waals surface area contributed by atoms with Gasteiger partial charge in [-0.25, -0.2) is 0 Å². The van der Waals surface area contributed by atoms with Crippen LogP contribution in [0.1, 0.15) is 245 Å². The molecule has 2 aliphatic heterocycles. The molecule has 2 rings (SSSR count). The van der Waals surface area contributed by atoms with Gasteiger partial charge in [0.1, 0.15) is 48.8 Å². The fourth-order valence-electron chi connectivity index (χ4n) is 11.0. The van der Waals surface area contributed by atoms with Crippen molar-refractivity contribution in [3.63, 3.8) is 0 Å². The Kier molecular flexibility index (Phi) is 58.1. The molecule has 0 aromatic carbocycles. The van der Waals surface area contributed by atoms with Crippen molar-refractivity contribution in [2.45, 2.75) is 319 Å². The van der Waals surface area contributed by atoms with Gasteiger partial charge < -0.3 is 65.1 Å². The van der Waals surface area contributed by atoms with Crippen LogP contribution >= 0.6 is 0 Å². The molecule has 0 aromatic heterocycles. The van der Waals surface area contributed by atoms with Gasteiger partial charge in [-0.1, -0.05) is 287 Å². The van der Waals surface area contributed by atoms with Crippen molar-refractivity contribution >= 4 is 5.91 Å². The third kappa shape index (κ3) is 46.6. The summed E-state index contributed by atoms with van der Waals surface area (Å²) in [6.07, 6.45) is 82.7. The van der Waals surface area contributed by atoms with Crippen molar-refractivity contribution in [1.29, 1.82) is 0 Å². The number of rotatable bonds is 59. The monoisotopic (exact) mass is 1340 g/mol. The first-order chi connectivity index (χ1) is 47.1. The van der Waals surface area contributed by atoms with Gasteiger partial charge in [0.15, 0.2) is 12.6 Å². The molecule has 14 heteroatoms. The summed E-state index contributed by atoms with van der Waals surface area (Å²) in [5, 5.41) is 87.4. The van der Waals surface area contributed by atoms with Gasteiger partial charge in [0.05, 0.1) is 32.0 Å². The molecule has 0 aliphatic carbocycles. The number of ether oxygens (including phenoxy) is 4. The third-order valence-electron chi connectivity index (χ3n) is 16.9. The molecule has 96 heavy (non-hydrogen) atoms. The van der Waals surface area contributed by atoms with Crippen LogP contribution in [0.3, 0.4) is 0 Å². The zero-order valence-corrected chi connectivity index (χ0v) is 59.3. The molecule has 2 heterocycles. The van der Waals surface area contributed by atoms with E-state index in [-0.39, 0.29) is 18.9 Å². The van der Waals surface area contributed by atoms with Crippen molar-refractivity contribution < 1.29 is 64.6 Å². The van der Waals surface area contributed by atoms with Crippen LogP contribution in [0.4, 0.5) is 0 Å². The number of hydrogen-bond donors (Lipinski definition) is 9. The number of carbonyl (C=O) groups excluding carboxylic acids is 1. The Bertz CT molecular complexity index is 2270. The molecule has 0 saturated carbocycles. The van der Waals surface area contributed by atoms with Gasteiger partial charge in [-0.3, -0.25) is 4.79 Å². The molecule has 544 valence electrons. The van der Waals surface area contributed by atoms with Crippen LogP contribution < -0.4 is 5.32 Å². The lowest BCUT2D eigenvalue weighted by atomic mass is 9.97. The second-order valence-corrected chi connectivity index (χ2v) is 25.3. The van der Waals surface area contributed by atoms with E-state index in [4.69, 9.17) is 18.9 Å². The van der Waals surface area contributed by atoms with Crippen LogP contribution in [0, 0.1) is 0 Å². The van der Waals surface area contributed by atoms with Crippen molar-refractivity contribution in [1.82, 2.24) is 5.32 Å². The maximum Gasteiger partial charge on any atom is 0.220 e. The summed E-state index contributed by atoms with van der Waals surface area (Å²) < 4.78 is 22.8. The minimum Gasteiger partial charge on any atom is -0.394 e. The fraction of sp³-hybridized carbons (Fsp3) is 0.646. The molecule has 0 aromatic rings. The van der Waals surface area contributed by atoms with Gasteiger partial charge in [0, 0.05) is 6.42 Å². The number of unbranched alkanes of at least 4 members (excludes halogenated alkanes) is 20. The van der Waals surface area contributed by atoms with Gasteiger partial charge in [0.25, 0.3) is 0 Å². The summed E-state index contributed by atoms with van der Waals surface area (Å²) in [6.45, 7) is 2.64. The quantitative estimate of drug-likeness (QED) is 0.0204. The van der Waals surface area contributed by atoms with Crippen molar-refractivity contribution in [2.24, 2.45) is 0 Å². The van der Waals surface area contributed by atoms with Crippen LogP contribution in [0.5, 0.6) is 0 Å². The van der Waals surface area contributed by atoms with E-state index in [0.29, 0.717) is 12.8 Å². The minimum absolute atomic E-state index is 0.207. The molecular formula is C82H133NO13. The number of allylic oxidation sites excluding steroid dienone is 27. The summed E-state index contributed by atoms with van der Waals surface area (Å²) in [5.74, 6) is -0.297. The molecule has 0 bridgehead atoms. The average molecular weight is 1340 g/mol. The molecule has 2 fully saturated rings. The van der Waals surface area contributed by atoms with E-state index >= 15 is 0 Å². The molecule has 0 spiro atoms. The van der Waals surface area contributed by atoms with Crippen molar-refractivity contribution in [3.8, 4) is 0 Å². The lowest BCUT2D eigenvalue weighted by Crippen LogP contribution is -2.65. The van der Waals surface area contributed by atoms with Gasteiger partial charge in [0.2, 0.25) is 5.91 Å². The molecule has 14 nitrogen and oxygen atoms in total. The minimum atomic E-state index is -1.81. The van der Waals surface area contributed by atoms with E-state index in [0.717, 1.165) is 103 Å². The van der Waals surface area contributed by atoms with Gasteiger partial charge in [-0.2, -0.15) is 0 Å². The molecule has 12 atom stereocenters. The van der Waals surface area contributed by atoms with E-state index in [1.54, 1.807) is 6.08 Å². The van der Waals surface area contributed by atoms with E-state index in [1.165, 1.54) is 109 Å². The predicted octanol–water partition coefficient (Wildman–Crippen LogP) is 16.3. The first-order valence-corrected chi connectivity index (χ1v) is 37.4. The second-order valence-electron chi connectivity index (χ2n) is 25.3. The molecule has 1 amide bonds. The maximum atomic E-state index is 13.3. The van der Waals surface area contributed by atoms with Crippen molar-refractivity contribution in [2.75, 3.05) is 19.8 Å². The van der Waals surface area contributed by atoms with Crippen LogP contribution in [0.2, 0.25) is 0 Å². The highest BCUT2D eigenvalue weighted by Gasteiger charge is 2.51. The van der Waals surface area contributed by atoms with E-state index in [1.807, 2.05) is 6.08 Å². The maximum absolute atomic E-state index is 13.3. The Balaban J connectivity index is 1.70. The third-order valence-corrected chi connectivity index (χ3v) is 16.9. The Labute approximate surface area is 581 Å². The summed E-state index contributed by atoms with van der Waals surface area (Å²) in [5.41, 5.74) is 0. The molecule has 12 unspecified atom stereocenters. The number of nitrogens with one attached hydrogen (secondary N) is 1. The highest BCUT2D eigenvalue weighted by Crippen LogP contribution is 2.30. The lowest BCUT2D eigenvalue weighted by Gasteiger charge is -2.46. The van der Waals surface area contributed by atoms with Crippen LogP contribution in [-0.4, -0.2) is 140 Å². The first-order valence-electron chi connectivity index (χ1n) is 37.4. The molecule has 2 aliphatic rings. The molecule has 2 saturated heterocycles. The smallest absolute Gasteiger partial charge is 0.220 e. The molecule has 9 N–H and O–H groups in total. The number of hydrogen-bond acceptors (Lipinski definition) is 13. The van der Waals surface area contributed by atoms with Crippen LogP contribution in [0.15, 0.2) is 170 Å². The van der Waals surface area contributed by atoms with E-state index < -0.39 is 86.8 Å². The Hall–Kier alpha value is -4.65. The number of aliphatic hydroxyl groups excluding tert-OH is 8. The number of amides is 1. The highest BCUT2D eigenvalue weighted by atomic mass is 16.7. The largest absolute Gasteiger partial charge is 0.394 e. The van der Waals surface area contributed by atoms with E-state index in [9.17, 15) is 45.6 Å². The van der Waals surface area contributed by atoms with Gasteiger partial charge >= 0.3 is 0 Å². The summed E-state index contributed by atoms with van der Waals surface area (Å²) in [6, 6.07) is -0.970. The summed E-state index contributed by atoms with van der Waals surface area (Å²) >= 11 is 0. The molecule has 0 radical (unpaired) electrons. The Morgan fingerprint density at radius 3 is 1.15 bits per heavy atom. The van der Waals surface area contributed by atoms with Crippen molar-refractivity contribution in [3.05, 3.63) is 170 Å². The topological polar surface area (TPSA) is 228 Å². The number of aliphatic hydroxyl groups is 8. The zero-order chi connectivity index (χ0) is 69.4. The van der Waals surface area contributed by atoms with E-state index in [2.05, 4.69) is 177 Å². The zero-order valence-electron chi connectivity index (χ0n) is 59.3. The van der Waals surface area contributed by atoms with Crippen LogP contribution in [-0.2, 0) is 23.7 Å². The average Bonchev–Trinajstić information content (AvgIpc) is 0.806. The van der Waals surface area contributed by atoms with Gasteiger partial charge in [-0.15, -0.1) is 0 Å². The summed E-state index contributed by atoms with van der Waals surface area (Å²) in [7, 11) is 0. The van der Waals surface area contributed by atoms with Gasteiger partial charge in [-0.05, 0) is 122 Å². The standard InChI is InChI=1S/C82H133NO13/c1-3-5-7-9-11-13-15-17-19-21-23-25-27-28-29-30-31-32-33-34-35-36-37-38-39-40-41-42-44-46-48-50-52-54-56-58-60-62-64-66-74(87)83-70(69-93-81-79(92)77(90)80(73(68-85)95-81)96-82-78(91)76(89)75(88)72(67-84)94-82)71(86)65-63-61-59-57-55-53-51-49-47-45-43-26-24-22-20-18-16-14-12-10-8-6-4-2/h5,7,11,13,17,19,23,25,28-29,31-32,34-35,37-38,40-41,44,46,50,52,55-58,63,65,70-73,75-82,84-86,88-92H,3-4,6,8-10,12,14-16,18,20-22,24,26-27,30,33,36,39,42-43,45,47-49,51,53-54,59-62,64,66-69H2,1-2H3,(H,83,87)/b7-5-,13-11-,19-17-,25-23-,29-28-,32-31-,35-34-,38-37-,41-40-,46-44-,52-50-,57-55+,58-56-,65-63+. The lowest BCUT2D eigenvalue weighted by molar-refractivity contribution is -0.359. The first kappa shape index (κ1) is 87.4. The fourth-order valence-corrected chi connectivity index (χ4v) is 11.0. The number of carbonyl (C=O) groups is 1. The summed E-state index contributed by atoms with van der Waals surface area (Å²) in [4.78, 5) is 13.3.